The Morgan fingerprint density at radius 1 is 1.19 bits per heavy atom. The van der Waals surface area contributed by atoms with Gasteiger partial charge in [0.15, 0.2) is 5.96 Å². The maximum atomic E-state index is 4.68. The topological polar surface area (TPSA) is 52.6 Å². The first-order valence-corrected chi connectivity index (χ1v) is 10.8. The summed E-state index contributed by atoms with van der Waals surface area (Å²) in [5.41, 5.74) is 1.17. The van der Waals surface area contributed by atoms with Gasteiger partial charge in [-0.1, -0.05) is 31.9 Å². The predicted octanol–water partition coefficient (Wildman–Crippen LogP) is 3.99. The van der Waals surface area contributed by atoms with Gasteiger partial charge in [-0.3, -0.25) is 4.99 Å². The van der Waals surface area contributed by atoms with Crippen molar-refractivity contribution in [2.75, 3.05) is 31.6 Å². The molecule has 2 aromatic rings. The van der Waals surface area contributed by atoms with Crippen LogP contribution in [0.5, 0.6) is 0 Å². The summed E-state index contributed by atoms with van der Waals surface area (Å²) in [6.07, 6.45) is 7.22. The number of hydrogen-bond donors (Lipinski definition) is 2. The highest BCUT2D eigenvalue weighted by atomic mass is 32.1. The zero-order valence-electron chi connectivity index (χ0n) is 16.4. The van der Waals surface area contributed by atoms with Crippen LogP contribution in [0, 0.1) is 0 Å². The van der Waals surface area contributed by atoms with Crippen molar-refractivity contribution >= 4 is 23.1 Å². The minimum atomic E-state index is 0.470. The summed E-state index contributed by atoms with van der Waals surface area (Å²) >= 11 is 1.80. The Morgan fingerprint density at radius 3 is 2.63 bits per heavy atom. The molecule has 3 heterocycles. The van der Waals surface area contributed by atoms with Crippen LogP contribution in [0.2, 0.25) is 0 Å². The molecule has 2 aromatic heterocycles. The molecular weight excluding hydrogens is 354 g/mol. The lowest BCUT2D eigenvalue weighted by Gasteiger charge is -2.21. The number of nitrogens with one attached hydrogen (secondary N) is 2. The number of thiophene rings is 1. The highest BCUT2D eigenvalue weighted by molar-refractivity contribution is 7.10. The quantitative estimate of drug-likeness (QED) is 0.583. The van der Waals surface area contributed by atoms with Crippen LogP contribution in [0.3, 0.4) is 0 Å². The lowest BCUT2D eigenvalue weighted by molar-refractivity contribution is 0.708. The lowest BCUT2D eigenvalue weighted by Crippen LogP contribution is -2.38. The smallest absolute Gasteiger partial charge is 0.191 e. The third-order valence-corrected chi connectivity index (χ3v) is 6.13. The normalized spacial score (nSPS) is 16.7. The zero-order valence-corrected chi connectivity index (χ0v) is 17.3. The SMILES string of the molecule is CN=C(NCc1ccc(N2CCCCCC2)nc1)NCC(C)c1cccs1. The molecule has 3 rings (SSSR count). The van der Waals surface area contributed by atoms with Crippen LogP contribution in [0.25, 0.3) is 0 Å². The average molecular weight is 386 g/mol. The number of nitrogens with zero attached hydrogens (tertiary/aromatic N) is 3. The molecule has 1 saturated heterocycles. The van der Waals surface area contributed by atoms with E-state index in [2.05, 4.69) is 62.1 Å². The Hall–Kier alpha value is -2.08. The summed E-state index contributed by atoms with van der Waals surface area (Å²) in [4.78, 5) is 12.8. The van der Waals surface area contributed by atoms with Gasteiger partial charge in [0, 0.05) is 50.2 Å². The molecule has 0 saturated carbocycles. The molecule has 0 amide bonds. The van der Waals surface area contributed by atoms with Crippen molar-refractivity contribution in [1.82, 2.24) is 15.6 Å². The van der Waals surface area contributed by atoms with Crippen molar-refractivity contribution in [3.05, 3.63) is 46.3 Å². The fourth-order valence-electron chi connectivity index (χ4n) is 3.34. The van der Waals surface area contributed by atoms with Gasteiger partial charge in [-0.15, -0.1) is 11.3 Å². The molecule has 146 valence electrons. The number of aliphatic imine (C=N–C) groups is 1. The van der Waals surface area contributed by atoms with Crippen LogP contribution in [-0.2, 0) is 6.54 Å². The lowest BCUT2D eigenvalue weighted by atomic mass is 10.1. The molecule has 2 N–H and O–H groups in total. The Morgan fingerprint density at radius 2 is 2.00 bits per heavy atom. The van der Waals surface area contributed by atoms with Gasteiger partial charge in [0.2, 0.25) is 0 Å². The molecule has 1 atom stereocenters. The number of anilines is 1. The van der Waals surface area contributed by atoms with E-state index in [1.807, 2.05) is 13.2 Å². The van der Waals surface area contributed by atoms with E-state index in [1.165, 1.54) is 36.1 Å². The van der Waals surface area contributed by atoms with Crippen molar-refractivity contribution in [3.63, 3.8) is 0 Å². The molecule has 0 radical (unpaired) electrons. The van der Waals surface area contributed by atoms with E-state index in [-0.39, 0.29) is 0 Å². The second-order valence-corrected chi connectivity index (χ2v) is 8.13. The van der Waals surface area contributed by atoms with Crippen molar-refractivity contribution in [1.29, 1.82) is 0 Å². The molecule has 0 spiro atoms. The summed E-state index contributed by atoms with van der Waals surface area (Å²) in [5.74, 6) is 2.40. The van der Waals surface area contributed by atoms with Crippen molar-refractivity contribution in [2.24, 2.45) is 4.99 Å². The van der Waals surface area contributed by atoms with Crippen molar-refractivity contribution in [3.8, 4) is 0 Å². The maximum Gasteiger partial charge on any atom is 0.191 e. The van der Waals surface area contributed by atoms with Crippen LogP contribution in [0.4, 0.5) is 5.82 Å². The number of pyridine rings is 1. The van der Waals surface area contributed by atoms with Gasteiger partial charge < -0.3 is 15.5 Å². The average Bonchev–Trinajstić information content (AvgIpc) is 3.11. The van der Waals surface area contributed by atoms with Gasteiger partial charge >= 0.3 is 0 Å². The third kappa shape index (κ3) is 5.96. The number of rotatable bonds is 6. The van der Waals surface area contributed by atoms with Crippen molar-refractivity contribution in [2.45, 2.75) is 45.1 Å². The van der Waals surface area contributed by atoms with Gasteiger partial charge in [0.25, 0.3) is 0 Å². The third-order valence-electron chi connectivity index (χ3n) is 5.03. The molecule has 27 heavy (non-hydrogen) atoms. The van der Waals surface area contributed by atoms with E-state index in [0.717, 1.165) is 38.0 Å². The first-order chi connectivity index (χ1) is 13.3. The first-order valence-electron chi connectivity index (χ1n) is 9.94. The molecule has 1 fully saturated rings. The summed E-state index contributed by atoms with van der Waals surface area (Å²) in [6.45, 7) is 6.08. The molecule has 6 heteroatoms. The number of hydrogen-bond acceptors (Lipinski definition) is 4. The van der Waals surface area contributed by atoms with E-state index in [1.54, 1.807) is 11.3 Å². The van der Waals surface area contributed by atoms with Crippen molar-refractivity contribution < 1.29 is 0 Å². The maximum absolute atomic E-state index is 4.68. The molecule has 0 aromatic carbocycles. The summed E-state index contributed by atoms with van der Waals surface area (Å²) in [6, 6.07) is 8.61. The Bertz CT molecular complexity index is 688. The highest BCUT2D eigenvalue weighted by Gasteiger charge is 2.11. The van der Waals surface area contributed by atoms with Crippen LogP contribution in [-0.4, -0.2) is 37.6 Å². The molecule has 1 unspecified atom stereocenters. The van der Waals surface area contributed by atoms with Gasteiger partial charge in [-0.2, -0.15) is 0 Å². The Balaban J connectivity index is 1.46. The first kappa shape index (κ1) is 19.7. The summed E-state index contributed by atoms with van der Waals surface area (Å²) in [5, 5.41) is 8.92. The highest BCUT2D eigenvalue weighted by Crippen LogP contribution is 2.19. The monoisotopic (exact) mass is 385 g/mol. The van der Waals surface area contributed by atoms with Gasteiger partial charge in [-0.25, -0.2) is 4.98 Å². The fraction of sp³-hybridized carbons (Fsp3) is 0.524. The Labute approximate surface area is 166 Å². The molecule has 0 aliphatic carbocycles. The van der Waals surface area contributed by atoms with Gasteiger partial charge in [0.1, 0.15) is 5.82 Å². The molecular formula is C21H31N5S. The fourth-order valence-corrected chi connectivity index (χ4v) is 4.12. The van der Waals surface area contributed by atoms with E-state index >= 15 is 0 Å². The Kier molecular flexibility index (Phi) is 7.51. The van der Waals surface area contributed by atoms with E-state index < -0.39 is 0 Å². The van der Waals surface area contributed by atoms with E-state index in [4.69, 9.17) is 0 Å². The molecule has 5 nitrogen and oxygen atoms in total. The second-order valence-electron chi connectivity index (χ2n) is 7.15. The number of guanidine groups is 1. The predicted molar refractivity (Wildman–Crippen MR) is 116 cm³/mol. The van der Waals surface area contributed by atoms with Gasteiger partial charge in [-0.05, 0) is 35.9 Å². The van der Waals surface area contributed by atoms with E-state index in [0.29, 0.717) is 5.92 Å². The van der Waals surface area contributed by atoms with Crippen LogP contribution < -0.4 is 15.5 Å². The molecule has 1 aliphatic heterocycles. The molecule has 1 aliphatic rings. The largest absolute Gasteiger partial charge is 0.357 e. The number of aromatic nitrogens is 1. The second kappa shape index (κ2) is 10.3. The van der Waals surface area contributed by atoms with Crippen LogP contribution >= 0.6 is 11.3 Å². The minimum Gasteiger partial charge on any atom is -0.357 e. The summed E-state index contributed by atoms with van der Waals surface area (Å²) in [7, 11) is 1.81. The van der Waals surface area contributed by atoms with E-state index in [9.17, 15) is 0 Å². The molecule has 0 bridgehead atoms. The summed E-state index contributed by atoms with van der Waals surface area (Å²) < 4.78 is 0. The van der Waals surface area contributed by atoms with Crippen LogP contribution in [0.15, 0.2) is 40.8 Å². The standard InChI is InChI=1S/C21H31N5S/c1-17(19-8-7-13-27-19)14-24-21(22-2)25-16-18-9-10-20(23-15-18)26-11-5-3-4-6-12-26/h7-10,13,15,17H,3-6,11-12,14,16H2,1-2H3,(H2,22,24,25). The minimum absolute atomic E-state index is 0.470. The zero-order chi connectivity index (χ0) is 18.9. The van der Waals surface area contributed by atoms with Crippen LogP contribution in [0.1, 0.15) is 49.0 Å². The van der Waals surface area contributed by atoms with Gasteiger partial charge in [0.05, 0.1) is 0 Å².